The van der Waals surface area contributed by atoms with Crippen LogP contribution in [0.3, 0.4) is 0 Å². The Labute approximate surface area is 173 Å². The Balaban J connectivity index is 1.54. The monoisotopic (exact) mass is 450 g/mol. The lowest BCUT2D eigenvalue weighted by atomic mass is 9.78. The molecule has 3 rings (SSSR count). The van der Waals surface area contributed by atoms with Crippen molar-refractivity contribution < 1.29 is 35.9 Å². The lowest BCUT2D eigenvalue weighted by Crippen LogP contribution is -2.50. The van der Waals surface area contributed by atoms with Gasteiger partial charge in [-0.15, -0.1) is 13.2 Å². The third kappa shape index (κ3) is 6.32. The molecule has 2 fully saturated rings. The van der Waals surface area contributed by atoms with Crippen LogP contribution in [0.1, 0.15) is 32.1 Å². The maximum atomic E-state index is 12.4. The van der Waals surface area contributed by atoms with Crippen LogP contribution in [0.4, 0.5) is 18.9 Å². The maximum Gasteiger partial charge on any atom is 0.573 e. The first-order chi connectivity index (χ1) is 13.9. The fourth-order valence-electron chi connectivity index (χ4n) is 4.12. The van der Waals surface area contributed by atoms with Gasteiger partial charge in [0.25, 0.3) is 0 Å². The van der Waals surface area contributed by atoms with E-state index in [1.807, 2.05) is 0 Å². The zero-order valence-corrected chi connectivity index (χ0v) is 17.4. The first-order valence-corrected chi connectivity index (χ1v) is 11.5. The van der Waals surface area contributed by atoms with E-state index < -0.39 is 27.7 Å². The number of piperidine rings is 1. The fourth-order valence-corrected chi connectivity index (χ4v) is 4.97. The predicted molar refractivity (Wildman–Crippen MR) is 103 cm³/mol. The van der Waals surface area contributed by atoms with Gasteiger partial charge < -0.3 is 14.8 Å². The molecule has 2 aliphatic heterocycles. The highest BCUT2D eigenvalue weighted by molar-refractivity contribution is 7.88. The van der Waals surface area contributed by atoms with Gasteiger partial charge in [-0.3, -0.25) is 4.79 Å². The zero-order valence-electron chi connectivity index (χ0n) is 16.6. The quantitative estimate of drug-likeness (QED) is 0.745. The SMILES string of the molecule is CS(=O)(=O)N1CCC2(CC1)CC(CC(=O)Nc1cccc(OC(F)(F)F)c1)CCO2. The van der Waals surface area contributed by atoms with Crippen LogP contribution in [0.15, 0.2) is 24.3 Å². The van der Waals surface area contributed by atoms with Crippen LogP contribution in [-0.2, 0) is 19.6 Å². The number of anilines is 1. The molecule has 7 nitrogen and oxygen atoms in total. The summed E-state index contributed by atoms with van der Waals surface area (Å²) in [7, 11) is -3.23. The highest BCUT2D eigenvalue weighted by atomic mass is 32.2. The van der Waals surface area contributed by atoms with Crippen LogP contribution in [0.2, 0.25) is 0 Å². The number of hydrogen-bond acceptors (Lipinski definition) is 5. The van der Waals surface area contributed by atoms with Gasteiger partial charge in [-0.2, -0.15) is 0 Å². The number of carbonyl (C=O) groups is 1. The molecule has 0 aliphatic carbocycles. The Morgan fingerprint density at radius 1 is 1.33 bits per heavy atom. The molecule has 0 aromatic heterocycles. The Morgan fingerprint density at radius 3 is 2.67 bits per heavy atom. The van der Waals surface area contributed by atoms with Crippen molar-refractivity contribution in [3.8, 4) is 5.75 Å². The molecule has 1 spiro atoms. The molecule has 0 radical (unpaired) electrons. The number of amides is 1. The second-order valence-corrected chi connectivity index (χ2v) is 9.86. The Kier molecular flexibility index (Phi) is 6.63. The summed E-state index contributed by atoms with van der Waals surface area (Å²) >= 11 is 0. The number of benzene rings is 1. The average Bonchev–Trinajstić information content (AvgIpc) is 2.60. The van der Waals surface area contributed by atoms with Gasteiger partial charge in [0.2, 0.25) is 15.9 Å². The van der Waals surface area contributed by atoms with E-state index in [1.165, 1.54) is 22.7 Å². The van der Waals surface area contributed by atoms with E-state index >= 15 is 0 Å². The lowest BCUT2D eigenvalue weighted by molar-refractivity contribution is -0.274. The minimum absolute atomic E-state index is 0.0538. The number of halogens is 3. The molecule has 1 N–H and O–H groups in total. The van der Waals surface area contributed by atoms with E-state index in [2.05, 4.69) is 10.1 Å². The number of ether oxygens (including phenoxy) is 2. The number of sulfonamides is 1. The molecule has 30 heavy (non-hydrogen) atoms. The first kappa shape index (κ1) is 22.8. The van der Waals surface area contributed by atoms with E-state index in [9.17, 15) is 26.4 Å². The number of hydrogen-bond donors (Lipinski definition) is 1. The summed E-state index contributed by atoms with van der Waals surface area (Å²) in [6, 6.07) is 5.15. The molecule has 0 saturated carbocycles. The molecule has 168 valence electrons. The normalized spacial score (nSPS) is 22.6. The van der Waals surface area contributed by atoms with Gasteiger partial charge in [-0.25, -0.2) is 12.7 Å². The van der Waals surface area contributed by atoms with Crippen molar-refractivity contribution in [2.24, 2.45) is 5.92 Å². The van der Waals surface area contributed by atoms with Crippen LogP contribution < -0.4 is 10.1 Å². The third-order valence-corrected chi connectivity index (χ3v) is 6.83. The summed E-state index contributed by atoms with van der Waals surface area (Å²) in [6.45, 7) is 1.28. The summed E-state index contributed by atoms with van der Waals surface area (Å²) in [5.41, 5.74) is -0.199. The molecule has 1 aromatic rings. The van der Waals surface area contributed by atoms with Crippen molar-refractivity contribution in [1.82, 2.24) is 4.31 Å². The lowest BCUT2D eigenvalue weighted by Gasteiger charge is -2.45. The number of carbonyl (C=O) groups excluding carboxylic acids is 1. The summed E-state index contributed by atoms with van der Waals surface area (Å²) < 4.78 is 71.7. The van der Waals surface area contributed by atoms with Crippen molar-refractivity contribution in [3.63, 3.8) is 0 Å². The molecular weight excluding hydrogens is 425 g/mol. The molecule has 0 bridgehead atoms. The van der Waals surface area contributed by atoms with Gasteiger partial charge in [0, 0.05) is 37.9 Å². The molecular formula is C19H25F3N2O5S. The largest absolute Gasteiger partial charge is 0.573 e. The van der Waals surface area contributed by atoms with Crippen LogP contribution in [0.5, 0.6) is 5.75 Å². The van der Waals surface area contributed by atoms with Crippen molar-refractivity contribution >= 4 is 21.6 Å². The van der Waals surface area contributed by atoms with Gasteiger partial charge in [0.15, 0.2) is 0 Å². The van der Waals surface area contributed by atoms with Crippen LogP contribution in [-0.4, -0.2) is 56.5 Å². The second kappa shape index (κ2) is 8.72. The summed E-state index contributed by atoms with van der Waals surface area (Å²) in [5, 5.41) is 2.62. The maximum absolute atomic E-state index is 12.4. The van der Waals surface area contributed by atoms with E-state index in [0.29, 0.717) is 45.4 Å². The predicted octanol–water partition coefficient (Wildman–Crippen LogP) is 3.13. The highest BCUT2D eigenvalue weighted by Gasteiger charge is 2.42. The molecule has 1 amide bonds. The van der Waals surface area contributed by atoms with Gasteiger partial charge in [-0.1, -0.05) is 6.07 Å². The average molecular weight is 450 g/mol. The molecule has 1 unspecified atom stereocenters. The number of alkyl halides is 3. The molecule has 2 heterocycles. The van der Waals surface area contributed by atoms with Gasteiger partial charge in [0.1, 0.15) is 5.75 Å². The summed E-state index contributed by atoms with van der Waals surface area (Å²) in [4.78, 5) is 12.4. The van der Waals surface area contributed by atoms with E-state index in [4.69, 9.17) is 4.74 Å². The van der Waals surface area contributed by atoms with Gasteiger partial charge in [-0.05, 0) is 43.7 Å². The van der Waals surface area contributed by atoms with Gasteiger partial charge >= 0.3 is 6.36 Å². The molecule has 11 heteroatoms. The molecule has 1 aromatic carbocycles. The highest BCUT2D eigenvalue weighted by Crippen LogP contribution is 2.39. The molecule has 1 atom stereocenters. The summed E-state index contributed by atoms with van der Waals surface area (Å²) in [5.74, 6) is -0.643. The van der Waals surface area contributed by atoms with E-state index in [0.717, 1.165) is 12.1 Å². The summed E-state index contributed by atoms with van der Waals surface area (Å²) in [6.07, 6.45) is -0.896. The van der Waals surface area contributed by atoms with Crippen molar-refractivity contribution in [2.75, 3.05) is 31.3 Å². The number of rotatable bonds is 5. The van der Waals surface area contributed by atoms with Gasteiger partial charge in [0.05, 0.1) is 11.9 Å². The molecule has 2 aliphatic rings. The minimum atomic E-state index is -4.80. The Morgan fingerprint density at radius 2 is 2.03 bits per heavy atom. The number of nitrogens with zero attached hydrogens (tertiary/aromatic N) is 1. The van der Waals surface area contributed by atoms with E-state index in [1.54, 1.807) is 0 Å². The smallest absolute Gasteiger partial charge is 0.406 e. The minimum Gasteiger partial charge on any atom is -0.406 e. The third-order valence-electron chi connectivity index (χ3n) is 5.52. The van der Waals surface area contributed by atoms with E-state index in [-0.39, 0.29) is 23.9 Å². The standard InChI is InChI=1S/C19H25F3N2O5S/c1-30(26,27)24-8-6-18(7-9-24)13-14(5-10-28-18)11-17(25)23-15-3-2-4-16(12-15)29-19(20,21)22/h2-4,12,14H,5-11,13H2,1H3,(H,23,25). The van der Waals surface area contributed by atoms with Crippen molar-refractivity contribution in [1.29, 1.82) is 0 Å². The second-order valence-electron chi connectivity index (χ2n) is 7.88. The van der Waals surface area contributed by atoms with Crippen LogP contribution >= 0.6 is 0 Å². The Hall–Kier alpha value is -1.85. The zero-order chi connectivity index (χ0) is 22.0. The fraction of sp³-hybridized carbons (Fsp3) is 0.632. The number of nitrogens with one attached hydrogen (secondary N) is 1. The first-order valence-electron chi connectivity index (χ1n) is 9.69. The Bertz CT molecular complexity index is 867. The van der Waals surface area contributed by atoms with Crippen molar-refractivity contribution in [3.05, 3.63) is 24.3 Å². The van der Waals surface area contributed by atoms with Crippen LogP contribution in [0.25, 0.3) is 0 Å². The van der Waals surface area contributed by atoms with Crippen LogP contribution in [0, 0.1) is 5.92 Å². The topological polar surface area (TPSA) is 84.9 Å². The van der Waals surface area contributed by atoms with Crippen molar-refractivity contribution in [2.45, 2.75) is 44.1 Å². The molecule has 2 saturated heterocycles.